The summed E-state index contributed by atoms with van der Waals surface area (Å²) in [5.41, 5.74) is 10.7. The number of halogens is 1. The Kier molecular flexibility index (Phi) is 5.20. The van der Waals surface area contributed by atoms with Crippen molar-refractivity contribution in [2.24, 2.45) is 5.73 Å². The minimum absolute atomic E-state index is 0.318. The van der Waals surface area contributed by atoms with Crippen LogP contribution in [0.3, 0.4) is 0 Å². The molecule has 0 saturated heterocycles. The molecule has 3 aromatic rings. The summed E-state index contributed by atoms with van der Waals surface area (Å²) in [5.74, 6) is -0.396. The Labute approximate surface area is 154 Å². The van der Waals surface area contributed by atoms with Crippen molar-refractivity contribution < 1.29 is 9.53 Å². The summed E-state index contributed by atoms with van der Waals surface area (Å²) in [6, 6.07) is 11.2. The lowest BCUT2D eigenvalue weighted by Gasteiger charge is -2.12. The molecule has 2 heterocycles. The molecule has 6 heteroatoms. The Bertz CT molecular complexity index is 903. The predicted octanol–water partition coefficient (Wildman–Crippen LogP) is 3.51. The highest BCUT2D eigenvalue weighted by molar-refractivity contribution is 9.10. The van der Waals surface area contributed by atoms with Crippen LogP contribution in [0.25, 0.3) is 16.9 Å². The van der Waals surface area contributed by atoms with Gasteiger partial charge in [-0.25, -0.2) is 4.98 Å². The third kappa shape index (κ3) is 3.60. The van der Waals surface area contributed by atoms with Crippen LogP contribution in [0, 0.1) is 6.92 Å². The number of carbonyl (C=O) groups excluding carboxylic acids is 1. The van der Waals surface area contributed by atoms with Crippen molar-refractivity contribution in [1.82, 2.24) is 9.38 Å². The number of carbonyl (C=O) groups is 1. The van der Waals surface area contributed by atoms with E-state index < -0.39 is 12.0 Å². The molecule has 130 valence electrons. The molecule has 0 bridgehead atoms. The van der Waals surface area contributed by atoms with Crippen molar-refractivity contribution in [2.45, 2.75) is 26.3 Å². The van der Waals surface area contributed by atoms with Gasteiger partial charge in [0.2, 0.25) is 0 Å². The number of imidazole rings is 1. The molecule has 0 aliphatic rings. The fourth-order valence-corrected chi connectivity index (χ4v) is 3.09. The van der Waals surface area contributed by atoms with E-state index in [1.54, 1.807) is 6.92 Å². The molecule has 0 saturated carbocycles. The first-order chi connectivity index (χ1) is 12.0. The van der Waals surface area contributed by atoms with Crippen molar-refractivity contribution in [3.8, 4) is 11.3 Å². The van der Waals surface area contributed by atoms with Gasteiger partial charge in [0.05, 0.1) is 18.0 Å². The smallest absolute Gasteiger partial charge is 0.323 e. The Morgan fingerprint density at radius 1 is 1.32 bits per heavy atom. The van der Waals surface area contributed by atoms with E-state index in [-0.39, 0.29) is 0 Å². The lowest BCUT2D eigenvalue weighted by atomic mass is 10.1. The van der Waals surface area contributed by atoms with E-state index in [4.69, 9.17) is 15.5 Å². The van der Waals surface area contributed by atoms with Gasteiger partial charge in [-0.2, -0.15) is 0 Å². The van der Waals surface area contributed by atoms with Crippen molar-refractivity contribution in [3.05, 3.63) is 58.3 Å². The van der Waals surface area contributed by atoms with Crippen molar-refractivity contribution >= 4 is 27.5 Å². The number of ether oxygens (including phenoxy) is 1. The number of nitrogens with two attached hydrogens (primary N) is 1. The van der Waals surface area contributed by atoms with E-state index in [0.717, 1.165) is 32.6 Å². The van der Waals surface area contributed by atoms with Gasteiger partial charge in [0.25, 0.3) is 0 Å². The number of rotatable bonds is 5. The highest BCUT2D eigenvalue weighted by atomic mass is 79.9. The topological polar surface area (TPSA) is 69.6 Å². The van der Waals surface area contributed by atoms with Crippen LogP contribution in [0.4, 0.5) is 0 Å². The van der Waals surface area contributed by atoms with Gasteiger partial charge in [-0.3, -0.25) is 4.79 Å². The second-order valence-electron chi connectivity index (χ2n) is 5.86. The van der Waals surface area contributed by atoms with Crippen molar-refractivity contribution in [3.63, 3.8) is 0 Å². The van der Waals surface area contributed by atoms with Gasteiger partial charge < -0.3 is 14.9 Å². The quantitative estimate of drug-likeness (QED) is 0.664. The van der Waals surface area contributed by atoms with Crippen LogP contribution < -0.4 is 5.73 Å². The van der Waals surface area contributed by atoms with Crippen LogP contribution in [-0.2, 0) is 16.0 Å². The van der Waals surface area contributed by atoms with E-state index in [9.17, 15) is 4.79 Å². The summed E-state index contributed by atoms with van der Waals surface area (Å²) in [4.78, 5) is 16.8. The molecule has 1 unspecified atom stereocenters. The van der Waals surface area contributed by atoms with Crippen LogP contribution in [-0.4, -0.2) is 28.0 Å². The van der Waals surface area contributed by atoms with E-state index in [0.29, 0.717) is 13.0 Å². The average Bonchev–Trinajstić information content (AvgIpc) is 2.96. The van der Waals surface area contributed by atoms with Gasteiger partial charge in [-0.1, -0.05) is 34.1 Å². The molecule has 0 aliphatic carbocycles. The first-order valence-electron chi connectivity index (χ1n) is 8.16. The fraction of sp³-hybridized carbons (Fsp3) is 0.263. The van der Waals surface area contributed by atoms with E-state index in [1.165, 1.54) is 0 Å². The number of pyridine rings is 1. The first kappa shape index (κ1) is 17.6. The number of nitrogens with zero attached hydrogens (tertiary/aromatic N) is 2. The molecular weight excluding hydrogens is 382 g/mol. The highest BCUT2D eigenvalue weighted by Crippen LogP contribution is 2.28. The summed E-state index contributed by atoms with van der Waals surface area (Å²) >= 11 is 3.45. The summed E-state index contributed by atoms with van der Waals surface area (Å²) in [6.07, 6.45) is 2.31. The molecular formula is C19H20BrN3O2. The molecule has 25 heavy (non-hydrogen) atoms. The highest BCUT2D eigenvalue weighted by Gasteiger charge is 2.22. The molecule has 2 aromatic heterocycles. The molecule has 2 N–H and O–H groups in total. The van der Waals surface area contributed by atoms with Crippen LogP contribution in [0.1, 0.15) is 18.2 Å². The number of hydrogen-bond donors (Lipinski definition) is 1. The number of aryl methyl sites for hydroxylation is 1. The minimum Gasteiger partial charge on any atom is -0.465 e. The zero-order valence-electron chi connectivity index (χ0n) is 14.2. The molecule has 0 amide bonds. The molecule has 0 radical (unpaired) electrons. The Balaban J connectivity index is 2.10. The van der Waals surface area contributed by atoms with E-state index in [2.05, 4.69) is 15.9 Å². The Morgan fingerprint density at radius 2 is 2.04 bits per heavy atom. The molecule has 1 aromatic carbocycles. The van der Waals surface area contributed by atoms with Gasteiger partial charge in [-0.05, 0) is 37.6 Å². The van der Waals surface area contributed by atoms with Crippen LogP contribution in [0.5, 0.6) is 0 Å². The molecule has 0 aliphatic heterocycles. The largest absolute Gasteiger partial charge is 0.465 e. The summed E-state index contributed by atoms with van der Waals surface area (Å²) in [5, 5.41) is 0. The maximum Gasteiger partial charge on any atom is 0.323 e. The normalized spacial score (nSPS) is 12.3. The number of fused-ring (bicyclic) bond motifs is 1. The zero-order valence-corrected chi connectivity index (χ0v) is 15.8. The Morgan fingerprint density at radius 3 is 2.72 bits per heavy atom. The Hall–Kier alpha value is -2.18. The SMILES string of the molecule is CCOC(=O)C(N)Cc1c(-c2ccc(Br)cc2)nc2c(C)cccn12. The van der Waals surface area contributed by atoms with Crippen LogP contribution in [0.15, 0.2) is 47.1 Å². The maximum atomic E-state index is 12.0. The van der Waals surface area contributed by atoms with Gasteiger partial charge >= 0.3 is 5.97 Å². The molecule has 3 rings (SSSR count). The molecule has 0 fully saturated rings. The predicted molar refractivity (Wildman–Crippen MR) is 101 cm³/mol. The number of hydrogen-bond acceptors (Lipinski definition) is 4. The summed E-state index contributed by atoms with van der Waals surface area (Å²) < 4.78 is 8.06. The second kappa shape index (κ2) is 7.37. The van der Waals surface area contributed by atoms with Crippen molar-refractivity contribution in [2.75, 3.05) is 6.61 Å². The lowest BCUT2D eigenvalue weighted by molar-refractivity contribution is -0.144. The number of aromatic nitrogens is 2. The van der Waals surface area contributed by atoms with Gasteiger partial charge in [0.1, 0.15) is 11.7 Å². The minimum atomic E-state index is -0.727. The standard InChI is InChI=1S/C19H20BrN3O2/c1-3-25-19(24)15(21)11-16-17(13-6-8-14(20)9-7-13)22-18-12(2)5-4-10-23(16)18/h4-10,15H,3,11,21H2,1-2H3. The van der Waals surface area contributed by atoms with Gasteiger partial charge in [0.15, 0.2) is 0 Å². The van der Waals surface area contributed by atoms with Gasteiger partial charge in [0, 0.05) is 22.7 Å². The zero-order chi connectivity index (χ0) is 18.0. The maximum absolute atomic E-state index is 12.0. The van der Waals surface area contributed by atoms with Crippen LogP contribution >= 0.6 is 15.9 Å². The first-order valence-corrected chi connectivity index (χ1v) is 8.95. The van der Waals surface area contributed by atoms with Crippen molar-refractivity contribution in [1.29, 1.82) is 0 Å². The average molecular weight is 402 g/mol. The monoisotopic (exact) mass is 401 g/mol. The lowest BCUT2D eigenvalue weighted by Crippen LogP contribution is -2.34. The van der Waals surface area contributed by atoms with E-state index in [1.807, 2.05) is 53.9 Å². The third-order valence-electron chi connectivity index (χ3n) is 4.06. The van der Waals surface area contributed by atoms with Gasteiger partial charge in [-0.15, -0.1) is 0 Å². The third-order valence-corrected chi connectivity index (χ3v) is 4.59. The molecule has 1 atom stereocenters. The van der Waals surface area contributed by atoms with Crippen LogP contribution in [0.2, 0.25) is 0 Å². The number of esters is 1. The molecule has 5 nitrogen and oxygen atoms in total. The summed E-state index contributed by atoms with van der Waals surface area (Å²) in [6.45, 7) is 4.11. The summed E-state index contributed by atoms with van der Waals surface area (Å²) in [7, 11) is 0. The number of benzene rings is 1. The van der Waals surface area contributed by atoms with E-state index >= 15 is 0 Å². The molecule has 0 spiro atoms. The fourth-order valence-electron chi connectivity index (χ4n) is 2.83. The second-order valence-corrected chi connectivity index (χ2v) is 6.78.